The largest absolute Gasteiger partial charge is 0.335 e. The van der Waals surface area contributed by atoms with Gasteiger partial charge in [0, 0.05) is 24.2 Å². The summed E-state index contributed by atoms with van der Waals surface area (Å²) in [7, 11) is 0. The van der Waals surface area contributed by atoms with Gasteiger partial charge in [0.1, 0.15) is 5.02 Å². The summed E-state index contributed by atoms with van der Waals surface area (Å²) >= 11 is 5.77. The van der Waals surface area contributed by atoms with Gasteiger partial charge in [0.25, 0.3) is 11.6 Å². The van der Waals surface area contributed by atoms with E-state index in [1.807, 2.05) is 18.7 Å². The number of nitrogens with zero attached hydrogens (tertiary/aromatic N) is 2. The number of halogens is 1. The number of nitro groups is 1. The summed E-state index contributed by atoms with van der Waals surface area (Å²) in [4.78, 5) is 24.6. The number of amides is 1. The van der Waals surface area contributed by atoms with E-state index in [0.29, 0.717) is 18.0 Å². The number of rotatable bonds is 5. The molecule has 0 radical (unpaired) electrons. The lowest BCUT2D eigenvalue weighted by atomic mass is 10.1. The van der Waals surface area contributed by atoms with Crippen molar-refractivity contribution >= 4 is 23.2 Å². The maximum absolute atomic E-state index is 12.5. The molecule has 1 aromatic carbocycles. The summed E-state index contributed by atoms with van der Waals surface area (Å²) < 4.78 is 0. The molecule has 0 N–H and O–H groups in total. The molecule has 20 heavy (non-hydrogen) atoms. The molecule has 0 bridgehead atoms. The molecule has 1 amide bonds. The molecule has 1 aliphatic carbocycles. The first-order chi connectivity index (χ1) is 9.40. The van der Waals surface area contributed by atoms with Crippen LogP contribution in [-0.2, 0) is 0 Å². The van der Waals surface area contributed by atoms with E-state index in [1.165, 1.54) is 12.1 Å². The molecule has 0 spiro atoms. The first kappa shape index (κ1) is 14.8. The van der Waals surface area contributed by atoms with Crippen molar-refractivity contribution in [1.82, 2.24) is 4.90 Å². The van der Waals surface area contributed by atoms with Crippen LogP contribution in [0.5, 0.6) is 0 Å². The van der Waals surface area contributed by atoms with Crippen molar-refractivity contribution in [2.75, 3.05) is 6.54 Å². The van der Waals surface area contributed by atoms with Crippen LogP contribution in [0.25, 0.3) is 0 Å². The lowest BCUT2D eigenvalue weighted by molar-refractivity contribution is -0.384. The fourth-order valence-corrected chi connectivity index (χ4v) is 2.32. The Labute approximate surface area is 122 Å². The van der Waals surface area contributed by atoms with Gasteiger partial charge in [0.15, 0.2) is 0 Å². The summed E-state index contributed by atoms with van der Waals surface area (Å²) in [6, 6.07) is 4.50. The Bertz CT molecular complexity index is 541. The standard InChI is InChI=1S/C14H17ClN2O3/c1-9(2)8-16(11-4-5-11)14(18)10-3-6-12(15)13(7-10)17(19)20/h3,6-7,9,11H,4-5,8H2,1-2H3. The molecule has 2 rings (SSSR count). The Morgan fingerprint density at radius 3 is 2.65 bits per heavy atom. The lowest BCUT2D eigenvalue weighted by Gasteiger charge is -2.24. The highest BCUT2D eigenvalue weighted by molar-refractivity contribution is 6.32. The van der Waals surface area contributed by atoms with E-state index in [4.69, 9.17) is 11.6 Å². The summed E-state index contributed by atoms with van der Waals surface area (Å²) in [5.74, 6) is 0.211. The molecule has 0 saturated heterocycles. The summed E-state index contributed by atoms with van der Waals surface area (Å²) in [6.45, 7) is 4.76. The van der Waals surface area contributed by atoms with E-state index >= 15 is 0 Å². The first-order valence-corrected chi connectivity index (χ1v) is 7.03. The molecular formula is C14H17ClN2O3. The zero-order valence-electron chi connectivity index (χ0n) is 11.5. The molecule has 0 atom stereocenters. The summed E-state index contributed by atoms with van der Waals surface area (Å²) in [6.07, 6.45) is 2.02. The minimum Gasteiger partial charge on any atom is -0.335 e. The van der Waals surface area contributed by atoms with Crippen LogP contribution < -0.4 is 0 Å². The molecule has 0 aromatic heterocycles. The van der Waals surface area contributed by atoms with E-state index in [-0.39, 0.29) is 22.7 Å². The van der Waals surface area contributed by atoms with Gasteiger partial charge in [-0.1, -0.05) is 25.4 Å². The van der Waals surface area contributed by atoms with E-state index < -0.39 is 4.92 Å². The van der Waals surface area contributed by atoms with Crippen LogP contribution in [0.15, 0.2) is 18.2 Å². The quantitative estimate of drug-likeness (QED) is 0.617. The number of nitro benzene ring substituents is 1. The van der Waals surface area contributed by atoms with Crippen molar-refractivity contribution < 1.29 is 9.72 Å². The Balaban J connectivity index is 2.27. The predicted molar refractivity (Wildman–Crippen MR) is 77.0 cm³/mol. The second-order valence-electron chi connectivity index (χ2n) is 5.51. The third kappa shape index (κ3) is 3.28. The van der Waals surface area contributed by atoms with Crippen molar-refractivity contribution in [2.45, 2.75) is 32.7 Å². The maximum Gasteiger partial charge on any atom is 0.288 e. The number of carbonyl (C=O) groups excluding carboxylic acids is 1. The van der Waals surface area contributed by atoms with Gasteiger partial charge < -0.3 is 4.90 Å². The van der Waals surface area contributed by atoms with Crippen LogP contribution in [0, 0.1) is 16.0 Å². The molecule has 0 aliphatic heterocycles. The van der Waals surface area contributed by atoms with Crippen molar-refractivity contribution in [3.05, 3.63) is 38.9 Å². The topological polar surface area (TPSA) is 63.5 Å². The Hall–Kier alpha value is -1.62. The van der Waals surface area contributed by atoms with Crippen LogP contribution in [0.1, 0.15) is 37.0 Å². The molecule has 1 aromatic rings. The summed E-state index contributed by atoms with van der Waals surface area (Å²) in [5.41, 5.74) is 0.103. The van der Waals surface area contributed by atoms with Crippen molar-refractivity contribution in [3.63, 3.8) is 0 Å². The Kier molecular flexibility index (Phi) is 4.28. The van der Waals surface area contributed by atoms with Crippen molar-refractivity contribution in [3.8, 4) is 0 Å². The Morgan fingerprint density at radius 1 is 1.50 bits per heavy atom. The molecule has 5 nitrogen and oxygen atoms in total. The molecule has 1 aliphatic rings. The third-order valence-electron chi connectivity index (χ3n) is 3.20. The molecule has 1 saturated carbocycles. The minimum absolute atomic E-state index is 0.0494. The third-order valence-corrected chi connectivity index (χ3v) is 3.52. The molecule has 1 fully saturated rings. The van der Waals surface area contributed by atoms with Gasteiger partial charge in [-0.15, -0.1) is 0 Å². The van der Waals surface area contributed by atoms with Gasteiger partial charge in [0.2, 0.25) is 0 Å². The number of hydrogen-bond donors (Lipinski definition) is 0. The van der Waals surface area contributed by atoms with Gasteiger partial charge in [-0.25, -0.2) is 0 Å². The molecule has 0 unspecified atom stereocenters. The fourth-order valence-electron chi connectivity index (χ4n) is 2.13. The zero-order valence-corrected chi connectivity index (χ0v) is 12.3. The highest BCUT2D eigenvalue weighted by atomic mass is 35.5. The highest BCUT2D eigenvalue weighted by Gasteiger charge is 2.33. The lowest BCUT2D eigenvalue weighted by Crippen LogP contribution is -2.36. The average Bonchev–Trinajstić information content (AvgIpc) is 3.19. The number of benzene rings is 1. The van der Waals surface area contributed by atoms with Crippen LogP contribution in [0.4, 0.5) is 5.69 Å². The van der Waals surface area contributed by atoms with E-state index in [2.05, 4.69) is 0 Å². The van der Waals surface area contributed by atoms with Crippen LogP contribution >= 0.6 is 11.6 Å². The van der Waals surface area contributed by atoms with Crippen LogP contribution in [0.2, 0.25) is 5.02 Å². The number of carbonyl (C=O) groups is 1. The number of hydrogen-bond acceptors (Lipinski definition) is 3. The van der Waals surface area contributed by atoms with Gasteiger partial charge in [0.05, 0.1) is 4.92 Å². The van der Waals surface area contributed by atoms with Crippen LogP contribution in [0.3, 0.4) is 0 Å². The smallest absolute Gasteiger partial charge is 0.288 e. The van der Waals surface area contributed by atoms with E-state index in [1.54, 1.807) is 6.07 Å². The molecule has 108 valence electrons. The maximum atomic E-state index is 12.5. The van der Waals surface area contributed by atoms with Gasteiger partial charge in [-0.3, -0.25) is 14.9 Å². The molecule has 6 heteroatoms. The van der Waals surface area contributed by atoms with Gasteiger partial charge in [-0.05, 0) is 30.9 Å². The van der Waals surface area contributed by atoms with Crippen LogP contribution in [-0.4, -0.2) is 28.3 Å². The predicted octanol–water partition coefficient (Wildman–Crippen LogP) is 3.51. The minimum atomic E-state index is -0.566. The summed E-state index contributed by atoms with van der Waals surface area (Å²) in [5, 5.41) is 10.9. The van der Waals surface area contributed by atoms with E-state index in [9.17, 15) is 14.9 Å². The average molecular weight is 297 g/mol. The Morgan fingerprint density at radius 2 is 2.15 bits per heavy atom. The van der Waals surface area contributed by atoms with Crippen molar-refractivity contribution in [1.29, 1.82) is 0 Å². The fraction of sp³-hybridized carbons (Fsp3) is 0.500. The normalized spacial score (nSPS) is 14.4. The van der Waals surface area contributed by atoms with E-state index in [0.717, 1.165) is 12.8 Å². The molecular weight excluding hydrogens is 280 g/mol. The second kappa shape index (κ2) is 5.79. The monoisotopic (exact) mass is 296 g/mol. The van der Waals surface area contributed by atoms with Gasteiger partial charge >= 0.3 is 0 Å². The zero-order chi connectivity index (χ0) is 14.9. The highest BCUT2D eigenvalue weighted by Crippen LogP contribution is 2.31. The van der Waals surface area contributed by atoms with Gasteiger partial charge in [-0.2, -0.15) is 0 Å². The van der Waals surface area contributed by atoms with Crippen molar-refractivity contribution in [2.24, 2.45) is 5.92 Å². The molecule has 0 heterocycles. The first-order valence-electron chi connectivity index (χ1n) is 6.65. The SMILES string of the molecule is CC(C)CN(C(=O)c1ccc(Cl)c([N+](=O)[O-])c1)C1CC1. The second-order valence-corrected chi connectivity index (χ2v) is 5.91.